The Labute approximate surface area is 233 Å². The van der Waals surface area contributed by atoms with E-state index in [1.165, 1.54) is 19.2 Å². The number of nitrogens with zero attached hydrogens (tertiary/aromatic N) is 2. The highest BCUT2D eigenvalue weighted by Gasteiger charge is 2.30. The number of benzene rings is 2. The number of halogens is 1. The third kappa shape index (κ3) is 7.50. The number of urea groups is 1. The van der Waals surface area contributed by atoms with Crippen LogP contribution in [0.1, 0.15) is 48.1 Å². The van der Waals surface area contributed by atoms with Crippen molar-refractivity contribution in [3.05, 3.63) is 75.7 Å². The van der Waals surface area contributed by atoms with Gasteiger partial charge in [0.25, 0.3) is 0 Å². The van der Waals surface area contributed by atoms with Crippen molar-refractivity contribution in [2.24, 2.45) is 0 Å². The van der Waals surface area contributed by atoms with E-state index < -0.39 is 0 Å². The molecule has 1 aliphatic carbocycles. The summed E-state index contributed by atoms with van der Waals surface area (Å²) in [5, 5.41) is 4.97. The number of thiophene rings is 1. The van der Waals surface area contributed by atoms with Gasteiger partial charge in [0.2, 0.25) is 5.91 Å². The fraction of sp³-hybridized carbons (Fsp3) is 0.400. The maximum absolute atomic E-state index is 13.9. The Balaban J connectivity index is 1.57. The molecule has 1 aliphatic rings. The fourth-order valence-corrected chi connectivity index (χ4v) is 5.80. The molecule has 7 nitrogen and oxygen atoms in total. The van der Waals surface area contributed by atoms with Gasteiger partial charge in [0, 0.05) is 23.5 Å². The van der Waals surface area contributed by atoms with Crippen LogP contribution in [0.3, 0.4) is 0 Å². The van der Waals surface area contributed by atoms with E-state index in [1.54, 1.807) is 58.6 Å². The molecule has 1 saturated carbocycles. The number of carbonyl (C=O) groups excluding carboxylic acids is 2. The number of hydrogen-bond acceptors (Lipinski definition) is 5. The minimum atomic E-state index is -0.340. The summed E-state index contributed by atoms with van der Waals surface area (Å²) in [7, 11) is 3.10. The van der Waals surface area contributed by atoms with Crippen LogP contribution in [0.5, 0.6) is 11.5 Å². The molecule has 0 atom stereocenters. The summed E-state index contributed by atoms with van der Waals surface area (Å²) in [6.07, 6.45) is 4.86. The SMILES string of the molecule is COc1ccc(NC(=O)N(CC(=O)N(Cc2ccc(F)cc2)Cc2sccc2C)C2CCCCC2)c(OC)c1. The Bertz CT molecular complexity index is 1260. The van der Waals surface area contributed by atoms with Crippen LogP contribution in [-0.2, 0) is 17.9 Å². The van der Waals surface area contributed by atoms with E-state index in [9.17, 15) is 14.0 Å². The largest absolute Gasteiger partial charge is 0.497 e. The predicted molar refractivity (Wildman–Crippen MR) is 152 cm³/mol. The molecule has 2 aromatic carbocycles. The van der Waals surface area contributed by atoms with Crippen molar-refractivity contribution >= 4 is 29.0 Å². The van der Waals surface area contributed by atoms with Gasteiger partial charge in [-0.15, -0.1) is 11.3 Å². The first-order chi connectivity index (χ1) is 18.9. The van der Waals surface area contributed by atoms with Crippen molar-refractivity contribution in [1.29, 1.82) is 0 Å². The average molecular weight is 554 g/mol. The molecule has 0 radical (unpaired) electrons. The first-order valence-corrected chi connectivity index (χ1v) is 14.1. The van der Waals surface area contributed by atoms with Gasteiger partial charge in [-0.2, -0.15) is 0 Å². The second kappa shape index (κ2) is 13.5. The van der Waals surface area contributed by atoms with E-state index in [4.69, 9.17) is 9.47 Å². The molecule has 1 N–H and O–H groups in total. The number of nitrogens with one attached hydrogen (secondary N) is 1. The zero-order valence-corrected chi connectivity index (χ0v) is 23.6. The third-order valence-electron chi connectivity index (χ3n) is 7.17. The van der Waals surface area contributed by atoms with Gasteiger partial charge in [0.1, 0.15) is 23.9 Å². The van der Waals surface area contributed by atoms with Crippen molar-refractivity contribution < 1.29 is 23.5 Å². The molecule has 0 spiro atoms. The lowest BCUT2D eigenvalue weighted by Gasteiger charge is -2.35. The minimum absolute atomic E-state index is 0.0388. The standard InChI is InChI=1S/C30H36FN3O4S/c1-21-15-16-39-28(21)19-33(18-22-9-11-23(31)12-10-22)29(35)20-34(24-7-5-4-6-8-24)30(36)32-26-14-13-25(37-2)17-27(26)38-3/h9-17,24H,4-8,18-20H2,1-3H3,(H,32,36). The monoisotopic (exact) mass is 553 g/mol. The number of hydrogen-bond donors (Lipinski definition) is 1. The minimum Gasteiger partial charge on any atom is -0.497 e. The number of aryl methyl sites for hydroxylation is 1. The molecule has 3 aromatic rings. The second-order valence-electron chi connectivity index (χ2n) is 9.82. The second-order valence-corrected chi connectivity index (χ2v) is 10.8. The van der Waals surface area contributed by atoms with Gasteiger partial charge in [-0.05, 0) is 66.6 Å². The molecule has 4 rings (SSSR count). The predicted octanol–water partition coefficient (Wildman–Crippen LogP) is 6.61. The van der Waals surface area contributed by atoms with Crippen LogP contribution in [-0.4, -0.2) is 48.5 Å². The Hall–Kier alpha value is -3.59. The zero-order chi connectivity index (χ0) is 27.8. The Kier molecular flexibility index (Phi) is 9.81. The van der Waals surface area contributed by atoms with Crippen molar-refractivity contribution in [3.8, 4) is 11.5 Å². The number of anilines is 1. The number of ether oxygens (including phenoxy) is 2. The Morgan fingerprint density at radius 2 is 1.74 bits per heavy atom. The molecule has 0 bridgehead atoms. The van der Waals surface area contributed by atoms with Crippen molar-refractivity contribution in [1.82, 2.24) is 9.80 Å². The topological polar surface area (TPSA) is 71.1 Å². The van der Waals surface area contributed by atoms with E-state index in [2.05, 4.69) is 5.32 Å². The first kappa shape index (κ1) is 28.4. The van der Waals surface area contributed by atoms with E-state index in [1.807, 2.05) is 18.4 Å². The summed E-state index contributed by atoms with van der Waals surface area (Å²) >= 11 is 1.60. The fourth-order valence-electron chi connectivity index (χ4n) is 4.88. The van der Waals surface area contributed by atoms with Gasteiger partial charge < -0.3 is 24.6 Å². The van der Waals surface area contributed by atoms with Crippen LogP contribution in [0.25, 0.3) is 0 Å². The summed E-state index contributed by atoms with van der Waals surface area (Å²) in [6, 6.07) is 13.0. The van der Waals surface area contributed by atoms with Crippen LogP contribution in [0.15, 0.2) is 53.9 Å². The maximum Gasteiger partial charge on any atom is 0.322 e. The molecule has 208 valence electrons. The van der Waals surface area contributed by atoms with Gasteiger partial charge in [-0.25, -0.2) is 9.18 Å². The number of amides is 3. The lowest BCUT2D eigenvalue weighted by Crippen LogP contribution is -2.49. The van der Waals surface area contributed by atoms with Gasteiger partial charge in [0.15, 0.2) is 0 Å². The summed E-state index contributed by atoms with van der Waals surface area (Å²) in [6.45, 7) is 2.71. The van der Waals surface area contributed by atoms with Gasteiger partial charge in [-0.1, -0.05) is 31.4 Å². The van der Waals surface area contributed by atoms with E-state index in [-0.39, 0.29) is 30.3 Å². The zero-order valence-electron chi connectivity index (χ0n) is 22.7. The molecular weight excluding hydrogens is 517 g/mol. The summed E-state index contributed by atoms with van der Waals surface area (Å²) in [4.78, 5) is 32.0. The van der Waals surface area contributed by atoms with E-state index in [0.29, 0.717) is 30.3 Å². The number of methoxy groups -OCH3 is 2. The quantitative estimate of drug-likeness (QED) is 0.307. The van der Waals surface area contributed by atoms with Gasteiger partial charge in [-0.3, -0.25) is 4.79 Å². The van der Waals surface area contributed by atoms with Crippen molar-refractivity contribution in [3.63, 3.8) is 0 Å². The lowest BCUT2D eigenvalue weighted by molar-refractivity contribution is -0.133. The van der Waals surface area contributed by atoms with Crippen LogP contribution >= 0.6 is 11.3 Å². The molecule has 3 amide bonds. The molecular formula is C30H36FN3O4S. The molecule has 0 unspecified atom stereocenters. The summed E-state index contributed by atoms with van der Waals surface area (Å²) in [5.74, 6) is 0.613. The summed E-state index contributed by atoms with van der Waals surface area (Å²) in [5.41, 5.74) is 2.45. The molecule has 9 heteroatoms. The molecule has 1 heterocycles. The molecule has 0 saturated heterocycles. The Morgan fingerprint density at radius 3 is 2.38 bits per heavy atom. The Morgan fingerprint density at radius 1 is 1.00 bits per heavy atom. The highest BCUT2D eigenvalue weighted by Crippen LogP contribution is 2.30. The molecule has 39 heavy (non-hydrogen) atoms. The molecule has 1 aromatic heterocycles. The number of carbonyl (C=O) groups is 2. The van der Waals surface area contributed by atoms with Crippen LogP contribution in [0.2, 0.25) is 0 Å². The first-order valence-electron chi connectivity index (χ1n) is 13.2. The third-order valence-corrected chi connectivity index (χ3v) is 8.18. The van der Waals surface area contributed by atoms with Gasteiger partial charge >= 0.3 is 6.03 Å². The lowest BCUT2D eigenvalue weighted by atomic mass is 9.94. The van der Waals surface area contributed by atoms with Crippen molar-refractivity contribution in [2.75, 3.05) is 26.1 Å². The van der Waals surface area contributed by atoms with Crippen molar-refractivity contribution in [2.45, 2.75) is 58.2 Å². The van der Waals surface area contributed by atoms with Crippen LogP contribution in [0, 0.1) is 12.7 Å². The maximum atomic E-state index is 13.9. The van der Waals surface area contributed by atoms with E-state index >= 15 is 0 Å². The van der Waals surface area contributed by atoms with Crippen LogP contribution in [0.4, 0.5) is 14.9 Å². The average Bonchev–Trinajstić information content (AvgIpc) is 3.36. The number of rotatable bonds is 10. The normalized spacial score (nSPS) is 13.5. The molecule has 0 aliphatic heterocycles. The highest BCUT2D eigenvalue weighted by molar-refractivity contribution is 7.10. The highest BCUT2D eigenvalue weighted by atomic mass is 32.1. The van der Waals surface area contributed by atoms with Gasteiger partial charge in [0.05, 0.1) is 26.5 Å². The smallest absolute Gasteiger partial charge is 0.322 e. The van der Waals surface area contributed by atoms with Crippen LogP contribution < -0.4 is 14.8 Å². The summed E-state index contributed by atoms with van der Waals surface area (Å²) < 4.78 is 24.3. The van der Waals surface area contributed by atoms with E-state index in [0.717, 1.165) is 48.1 Å². The molecule has 1 fully saturated rings.